The van der Waals surface area contributed by atoms with Gasteiger partial charge in [0, 0.05) is 12.3 Å². The third kappa shape index (κ3) is 5.21. The summed E-state index contributed by atoms with van der Waals surface area (Å²) in [7, 11) is 0. The second kappa shape index (κ2) is 5.00. The van der Waals surface area contributed by atoms with E-state index < -0.39 is 11.7 Å². The van der Waals surface area contributed by atoms with E-state index >= 15 is 0 Å². The highest BCUT2D eigenvalue weighted by molar-refractivity contribution is 5.69. The summed E-state index contributed by atoms with van der Waals surface area (Å²) in [5.74, 6) is 0.427. The van der Waals surface area contributed by atoms with Crippen LogP contribution in [0.25, 0.3) is 0 Å². The molecule has 0 unspecified atom stereocenters. The van der Waals surface area contributed by atoms with E-state index in [1.165, 1.54) is 6.20 Å². The Balaban J connectivity index is 2.61. The fourth-order valence-electron chi connectivity index (χ4n) is 1.09. The highest BCUT2D eigenvalue weighted by Gasteiger charge is 2.19. The molecule has 102 valence electrons. The Morgan fingerprint density at radius 3 is 2.39 bits per heavy atom. The van der Waals surface area contributed by atoms with Gasteiger partial charge in [-0.2, -0.15) is 4.68 Å². The first-order valence-electron chi connectivity index (χ1n) is 5.99. The van der Waals surface area contributed by atoms with Crippen molar-refractivity contribution in [2.45, 2.75) is 47.1 Å². The largest absolute Gasteiger partial charge is 0.476 e. The Morgan fingerprint density at radius 2 is 1.89 bits per heavy atom. The second-order valence-corrected chi connectivity index (χ2v) is 6.43. The number of hydrogen-bond donors (Lipinski definition) is 0. The molecule has 1 aromatic heterocycles. The Labute approximate surface area is 108 Å². The number of ether oxygens (including phenoxy) is 2. The highest BCUT2D eigenvalue weighted by Crippen LogP contribution is 2.16. The highest BCUT2D eigenvalue weighted by atomic mass is 16.6. The van der Waals surface area contributed by atoms with Gasteiger partial charge in [-0.15, -0.1) is 5.10 Å². The Hall–Kier alpha value is -1.52. The average Bonchev–Trinajstić information content (AvgIpc) is 2.58. The van der Waals surface area contributed by atoms with Crippen LogP contribution in [0.3, 0.4) is 0 Å². The molecule has 0 aliphatic carbocycles. The first-order valence-corrected chi connectivity index (χ1v) is 5.99. The lowest BCUT2D eigenvalue weighted by Crippen LogP contribution is -2.27. The fourth-order valence-corrected chi connectivity index (χ4v) is 1.09. The van der Waals surface area contributed by atoms with Gasteiger partial charge in [0.05, 0.1) is 6.61 Å². The quantitative estimate of drug-likeness (QED) is 0.813. The summed E-state index contributed by atoms with van der Waals surface area (Å²) in [6.45, 7) is 12.2. The van der Waals surface area contributed by atoms with Crippen LogP contribution in [-0.2, 0) is 4.74 Å². The van der Waals surface area contributed by atoms with Crippen molar-refractivity contribution in [3.63, 3.8) is 0 Å². The van der Waals surface area contributed by atoms with Gasteiger partial charge in [-0.3, -0.25) is 0 Å². The first kappa shape index (κ1) is 14.5. The Bertz CT molecular complexity index is 411. The molecule has 0 radical (unpaired) electrons. The molecule has 0 aliphatic heterocycles. The van der Waals surface area contributed by atoms with Crippen molar-refractivity contribution in [2.75, 3.05) is 6.61 Å². The zero-order chi connectivity index (χ0) is 14.0. The number of carbonyl (C=O) groups excluding carboxylic acids is 1. The summed E-state index contributed by atoms with van der Waals surface area (Å²) < 4.78 is 11.8. The van der Waals surface area contributed by atoms with E-state index in [9.17, 15) is 4.79 Å². The van der Waals surface area contributed by atoms with Crippen LogP contribution in [0.1, 0.15) is 41.5 Å². The zero-order valence-electron chi connectivity index (χ0n) is 12.0. The maximum Gasteiger partial charge on any atom is 0.435 e. The van der Waals surface area contributed by atoms with Crippen molar-refractivity contribution >= 4 is 6.09 Å². The molecular weight excluding hydrogens is 232 g/mol. The molecule has 0 saturated heterocycles. The SMILES string of the molecule is CC(C)(C)COc1ccn(C(=O)OC(C)(C)C)n1. The monoisotopic (exact) mass is 254 g/mol. The van der Waals surface area contributed by atoms with Crippen molar-refractivity contribution in [2.24, 2.45) is 5.41 Å². The maximum absolute atomic E-state index is 11.7. The summed E-state index contributed by atoms with van der Waals surface area (Å²) in [4.78, 5) is 11.7. The summed E-state index contributed by atoms with van der Waals surface area (Å²) in [6.07, 6.45) is 1.03. The number of carbonyl (C=O) groups is 1. The van der Waals surface area contributed by atoms with Crippen LogP contribution in [0, 0.1) is 5.41 Å². The van der Waals surface area contributed by atoms with Crippen molar-refractivity contribution < 1.29 is 14.3 Å². The van der Waals surface area contributed by atoms with Crippen molar-refractivity contribution in [3.8, 4) is 5.88 Å². The van der Waals surface area contributed by atoms with Gasteiger partial charge in [0.25, 0.3) is 0 Å². The van der Waals surface area contributed by atoms with Crippen molar-refractivity contribution in [3.05, 3.63) is 12.3 Å². The third-order valence-electron chi connectivity index (χ3n) is 1.80. The van der Waals surface area contributed by atoms with Crippen molar-refractivity contribution in [1.82, 2.24) is 9.78 Å². The van der Waals surface area contributed by atoms with Gasteiger partial charge in [0.15, 0.2) is 0 Å². The zero-order valence-corrected chi connectivity index (χ0v) is 12.0. The van der Waals surface area contributed by atoms with E-state index in [4.69, 9.17) is 9.47 Å². The van der Waals surface area contributed by atoms with Crippen LogP contribution in [0.2, 0.25) is 0 Å². The fraction of sp³-hybridized carbons (Fsp3) is 0.692. The standard InChI is InChI=1S/C13H22N2O3/c1-12(2,3)9-17-10-7-8-15(14-10)11(16)18-13(4,5)6/h7-8H,9H2,1-6H3. The lowest BCUT2D eigenvalue weighted by molar-refractivity contribution is 0.0511. The topological polar surface area (TPSA) is 53.4 Å². The van der Waals surface area contributed by atoms with E-state index in [1.54, 1.807) is 6.07 Å². The van der Waals surface area contributed by atoms with Gasteiger partial charge in [0.1, 0.15) is 5.60 Å². The molecule has 5 nitrogen and oxygen atoms in total. The minimum absolute atomic E-state index is 0.0513. The van der Waals surface area contributed by atoms with E-state index in [0.29, 0.717) is 12.5 Å². The molecular formula is C13H22N2O3. The minimum atomic E-state index is -0.532. The first-order chi connectivity index (χ1) is 8.07. The molecule has 1 heterocycles. The maximum atomic E-state index is 11.7. The van der Waals surface area contributed by atoms with Crippen LogP contribution in [0.5, 0.6) is 5.88 Å². The molecule has 0 aromatic carbocycles. The molecule has 0 saturated carbocycles. The number of hydrogen-bond acceptors (Lipinski definition) is 4. The molecule has 1 aromatic rings. The molecule has 1 rings (SSSR count). The molecule has 0 fully saturated rings. The van der Waals surface area contributed by atoms with E-state index in [2.05, 4.69) is 25.9 Å². The van der Waals surface area contributed by atoms with Gasteiger partial charge < -0.3 is 9.47 Å². The van der Waals surface area contributed by atoms with E-state index in [1.807, 2.05) is 20.8 Å². The molecule has 5 heteroatoms. The van der Waals surface area contributed by atoms with Crippen LogP contribution in [0.15, 0.2) is 12.3 Å². The minimum Gasteiger partial charge on any atom is -0.476 e. The van der Waals surface area contributed by atoms with Crippen LogP contribution < -0.4 is 4.74 Å². The van der Waals surface area contributed by atoms with Gasteiger partial charge in [-0.05, 0) is 26.2 Å². The molecule has 0 bridgehead atoms. The van der Waals surface area contributed by atoms with E-state index in [-0.39, 0.29) is 5.41 Å². The predicted molar refractivity (Wildman–Crippen MR) is 68.8 cm³/mol. The third-order valence-corrected chi connectivity index (χ3v) is 1.80. The molecule has 0 amide bonds. The lowest BCUT2D eigenvalue weighted by Gasteiger charge is -2.19. The summed E-state index contributed by atoms with van der Waals surface area (Å²) in [6, 6.07) is 1.65. The molecule has 0 N–H and O–H groups in total. The summed E-state index contributed by atoms with van der Waals surface area (Å²) in [5.41, 5.74) is -0.481. The normalized spacial score (nSPS) is 12.3. The van der Waals surface area contributed by atoms with Crippen LogP contribution >= 0.6 is 0 Å². The van der Waals surface area contributed by atoms with Gasteiger partial charge >= 0.3 is 6.09 Å². The Kier molecular flexibility index (Phi) is 4.04. The molecule has 18 heavy (non-hydrogen) atoms. The van der Waals surface area contributed by atoms with Crippen LogP contribution in [0.4, 0.5) is 4.79 Å². The predicted octanol–water partition coefficient (Wildman–Crippen LogP) is 3.09. The Morgan fingerprint density at radius 1 is 1.28 bits per heavy atom. The number of aromatic nitrogens is 2. The van der Waals surface area contributed by atoms with Gasteiger partial charge in [0.2, 0.25) is 5.88 Å². The summed E-state index contributed by atoms with van der Waals surface area (Å²) >= 11 is 0. The van der Waals surface area contributed by atoms with Crippen LogP contribution in [-0.4, -0.2) is 28.1 Å². The van der Waals surface area contributed by atoms with Gasteiger partial charge in [-0.25, -0.2) is 4.79 Å². The molecule has 0 atom stereocenters. The lowest BCUT2D eigenvalue weighted by atomic mass is 9.99. The number of nitrogens with zero attached hydrogens (tertiary/aromatic N) is 2. The molecule has 0 aliphatic rings. The average molecular weight is 254 g/mol. The molecule has 0 spiro atoms. The van der Waals surface area contributed by atoms with E-state index in [0.717, 1.165) is 4.68 Å². The van der Waals surface area contributed by atoms with Crippen molar-refractivity contribution in [1.29, 1.82) is 0 Å². The van der Waals surface area contributed by atoms with Gasteiger partial charge in [-0.1, -0.05) is 20.8 Å². The summed E-state index contributed by atoms with van der Waals surface area (Å²) in [5, 5.41) is 4.02. The number of rotatable bonds is 2. The second-order valence-electron chi connectivity index (χ2n) is 6.43. The smallest absolute Gasteiger partial charge is 0.435 e.